The molecule has 3 rings (SSSR count). The van der Waals surface area contributed by atoms with Crippen molar-refractivity contribution in [1.29, 1.82) is 0 Å². The van der Waals surface area contributed by atoms with Gasteiger partial charge in [0.25, 0.3) is 0 Å². The minimum atomic E-state index is -0.128. The number of halogens is 1. The first-order valence-electron chi connectivity index (χ1n) is 8.10. The Hall–Kier alpha value is -2.17. The molecule has 1 heterocycles. The van der Waals surface area contributed by atoms with E-state index in [0.29, 0.717) is 9.21 Å². The number of rotatable bonds is 6. The quantitative estimate of drug-likeness (QED) is 0.590. The van der Waals surface area contributed by atoms with E-state index in [0.717, 1.165) is 16.3 Å². The van der Waals surface area contributed by atoms with Crippen molar-refractivity contribution in [3.63, 3.8) is 0 Å². The third-order valence-electron chi connectivity index (χ3n) is 4.09. The van der Waals surface area contributed by atoms with Crippen molar-refractivity contribution in [2.45, 2.75) is 25.8 Å². The zero-order valence-electron chi connectivity index (χ0n) is 13.8. The molecule has 0 aliphatic heterocycles. The van der Waals surface area contributed by atoms with E-state index in [1.54, 1.807) is 12.1 Å². The molecular formula is C20H18ClNO2S. The number of benzene rings is 2. The SMILES string of the molecule is CC(NC(=O)CCC(=O)c1ccc(Cl)s1)c1cccc2ccccc12. The lowest BCUT2D eigenvalue weighted by molar-refractivity contribution is -0.121. The van der Waals surface area contributed by atoms with Crippen LogP contribution in [0.1, 0.15) is 41.0 Å². The van der Waals surface area contributed by atoms with Crippen molar-refractivity contribution in [2.24, 2.45) is 0 Å². The molecule has 128 valence electrons. The monoisotopic (exact) mass is 371 g/mol. The molecule has 0 saturated carbocycles. The zero-order chi connectivity index (χ0) is 17.8. The number of carbonyl (C=O) groups excluding carboxylic acids is 2. The van der Waals surface area contributed by atoms with Crippen molar-refractivity contribution in [3.8, 4) is 0 Å². The number of amides is 1. The molecule has 1 aromatic heterocycles. The van der Waals surface area contributed by atoms with Crippen molar-refractivity contribution in [2.75, 3.05) is 0 Å². The van der Waals surface area contributed by atoms with E-state index in [1.807, 2.05) is 31.2 Å². The van der Waals surface area contributed by atoms with Gasteiger partial charge < -0.3 is 5.32 Å². The minimum Gasteiger partial charge on any atom is -0.350 e. The molecule has 25 heavy (non-hydrogen) atoms. The number of hydrogen-bond donors (Lipinski definition) is 1. The summed E-state index contributed by atoms with van der Waals surface area (Å²) in [4.78, 5) is 24.9. The number of Topliss-reactive ketones (excluding diaryl/α,β-unsaturated/α-hetero) is 1. The number of hydrogen-bond acceptors (Lipinski definition) is 3. The summed E-state index contributed by atoms with van der Waals surface area (Å²) in [7, 11) is 0. The minimum absolute atomic E-state index is 0.0511. The highest BCUT2D eigenvalue weighted by Crippen LogP contribution is 2.25. The molecule has 0 aliphatic carbocycles. The zero-order valence-corrected chi connectivity index (χ0v) is 15.4. The fourth-order valence-electron chi connectivity index (χ4n) is 2.83. The normalized spacial score (nSPS) is 12.1. The number of carbonyl (C=O) groups is 2. The maximum atomic E-state index is 12.2. The Morgan fingerprint density at radius 1 is 1.04 bits per heavy atom. The fraction of sp³-hybridized carbons (Fsp3) is 0.200. The summed E-state index contributed by atoms with van der Waals surface area (Å²) in [5, 5.41) is 5.26. The van der Waals surface area contributed by atoms with Gasteiger partial charge in [-0.05, 0) is 35.4 Å². The van der Waals surface area contributed by atoms with Gasteiger partial charge in [-0.2, -0.15) is 0 Å². The predicted molar refractivity (Wildman–Crippen MR) is 103 cm³/mol. The van der Waals surface area contributed by atoms with Crippen LogP contribution in [0.25, 0.3) is 10.8 Å². The van der Waals surface area contributed by atoms with Gasteiger partial charge in [0.05, 0.1) is 15.3 Å². The summed E-state index contributed by atoms with van der Waals surface area (Å²) in [6, 6.07) is 17.4. The molecule has 3 nitrogen and oxygen atoms in total. The molecule has 0 bridgehead atoms. The largest absolute Gasteiger partial charge is 0.350 e. The summed E-state index contributed by atoms with van der Waals surface area (Å²) < 4.78 is 0.581. The van der Waals surface area contributed by atoms with E-state index >= 15 is 0 Å². The molecular weight excluding hydrogens is 354 g/mol. The Morgan fingerprint density at radius 3 is 2.56 bits per heavy atom. The van der Waals surface area contributed by atoms with Gasteiger partial charge in [-0.1, -0.05) is 54.1 Å². The smallest absolute Gasteiger partial charge is 0.220 e. The summed E-state index contributed by atoms with van der Waals surface area (Å²) in [6.07, 6.45) is 0.356. The van der Waals surface area contributed by atoms with Gasteiger partial charge in [-0.25, -0.2) is 0 Å². The first-order valence-corrected chi connectivity index (χ1v) is 9.29. The van der Waals surface area contributed by atoms with Gasteiger partial charge in [-0.3, -0.25) is 9.59 Å². The Balaban J connectivity index is 1.61. The van der Waals surface area contributed by atoms with Crippen LogP contribution in [-0.2, 0) is 4.79 Å². The molecule has 2 aromatic carbocycles. The van der Waals surface area contributed by atoms with E-state index in [9.17, 15) is 9.59 Å². The highest BCUT2D eigenvalue weighted by atomic mass is 35.5. The van der Waals surface area contributed by atoms with E-state index in [1.165, 1.54) is 11.3 Å². The van der Waals surface area contributed by atoms with Crippen LogP contribution in [0, 0.1) is 0 Å². The third-order valence-corrected chi connectivity index (χ3v) is 5.37. The third kappa shape index (κ3) is 4.27. The van der Waals surface area contributed by atoms with Crippen molar-refractivity contribution < 1.29 is 9.59 Å². The number of fused-ring (bicyclic) bond motifs is 1. The molecule has 1 unspecified atom stereocenters. The second-order valence-electron chi connectivity index (χ2n) is 5.88. The first kappa shape index (κ1) is 17.6. The number of nitrogens with one attached hydrogen (secondary N) is 1. The molecule has 1 amide bonds. The van der Waals surface area contributed by atoms with Crippen molar-refractivity contribution in [1.82, 2.24) is 5.32 Å². The van der Waals surface area contributed by atoms with Crippen LogP contribution in [0.5, 0.6) is 0 Å². The maximum Gasteiger partial charge on any atom is 0.220 e. The standard InChI is InChI=1S/C20H18ClNO2S/c1-13(15-8-4-6-14-5-2-3-7-16(14)15)22-20(24)12-9-17(23)18-10-11-19(21)25-18/h2-8,10-11,13H,9,12H2,1H3,(H,22,24). The Morgan fingerprint density at radius 2 is 1.80 bits per heavy atom. The van der Waals surface area contributed by atoms with Gasteiger partial charge in [0.15, 0.2) is 5.78 Å². The van der Waals surface area contributed by atoms with E-state index < -0.39 is 0 Å². The molecule has 0 fully saturated rings. The highest BCUT2D eigenvalue weighted by molar-refractivity contribution is 7.18. The van der Waals surface area contributed by atoms with E-state index in [-0.39, 0.29) is 30.6 Å². The van der Waals surface area contributed by atoms with Crippen LogP contribution in [0.2, 0.25) is 4.34 Å². The number of thiophene rings is 1. The summed E-state index contributed by atoms with van der Waals surface area (Å²) >= 11 is 7.08. The average molecular weight is 372 g/mol. The van der Waals surface area contributed by atoms with E-state index in [4.69, 9.17) is 11.6 Å². The van der Waals surface area contributed by atoms with Gasteiger partial charge in [0.1, 0.15) is 0 Å². The maximum absolute atomic E-state index is 12.2. The molecule has 0 radical (unpaired) electrons. The predicted octanol–water partition coefficient (Wildman–Crippen LogP) is 5.40. The van der Waals surface area contributed by atoms with Crippen LogP contribution in [-0.4, -0.2) is 11.7 Å². The second-order valence-corrected chi connectivity index (χ2v) is 7.60. The molecule has 1 atom stereocenters. The van der Waals surface area contributed by atoms with Crippen LogP contribution < -0.4 is 5.32 Å². The van der Waals surface area contributed by atoms with Crippen molar-refractivity contribution in [3.05, 3.63) is 69.4 Å². The molecule has 0 saturated heterocycles. The van der Waals surface area contributed by atoms with Crippen LogP contribution in [0.4, 0.5) is 0 Å². The summed E-state index contributed by atoms with van der Waals surface area (Å²) in [5.41, 5.74) is 1.07. The first-order chi connectivity index (χ1) is 12.0. The van der Waals surface area contributed by atoms with E-state index in [2.05, 4.69) is 23.5 Å². The Kier molecular flexibility index (Phi) is 5.51. The lowest BCUT2D eigenvalue weighted by atomic mass is 9.99. The summed E-state index contributed by atoms with van der Waals surface area (Å²) in [6.45, 7) is 1.96. The second kappa shape index (κ2) is 7.81. The van der Waals surface area contributed by atoms with Gasteiger partial charge in [0.2, 0.25) is 5.91 Å². The van der Waals surface area contributed by atoms with Gasteiger partial charge in [0, 0.05) is 12.8 Å². The molecule has 0 aliphatic rings. The fourth-order valence-corrected chi connectivity index (χ4v) is 3.84. The lowest BCUT2D eigenvalue weighted by Gasteiger charge is -2.16. The highest BCUT2D eigenvalue weighted by Gasteiger charge is 2.15. The van der Waals surface area contributed by atoms with Crippen LogP contribution >= 0.6 is 22.9 Å². The molecule has 0 spiro atoms. The molecule has 3 aromatic rings. The topological polar surface area (TPSA) is 46.2 Å². The Bertz CT molecular complexity index is 913. The average Bonchev–Trinajstić information content (AvgIpc) is 3.05. The van der Waals surface area contributed by atoms with Gasteiger partial charge in [-0.15, -0.1) is 11.3 Å². The Labute approximate surface area is 155 Å². The van der Waals surface area contributed by atoms with Crippen LogP contribution in [0.3, 0.4) is 0 Å². The molecule has 1 N–H and O–H groups in total. The van der Waals surface area contributed by atoms with Gasteiger partial charge >= 0.3 is 0 Å². The molecule has 5 heteroatoms. The number of ketones is 1. The van der Waals surface area contributed by atoms with Crippen LogP contribution in [0.15, 0.2) is 54.6 Å². The summed E-state index contributed by atoms with van der Waals surface area (Å²) in [5.74, 6) is -0.179. The van der Waals surface area contributed by atoms with Crippen molar-refractivity contribution >= 4 is 45.4 Å². The lowest BCUT2D eigenvalue weighted by Crippen LogP contribution is -2.27.